The van der Waals surface area contributed by atoms with Crippen molar-refractivity contribution in [3.05, 3.63) is 71.6 Å². The lowest BCUT2D eigenvalue weighted by Crippen LogP contribution is -2.26. The van der Waals surface area contributed by atoms with E-state index in [1.165, 1.54) is 36.7 Å². The van der Waals surface area contributed by atoms with Crippen LogP contribution in [0.4, 0.5) is 8.78 Å². The van der Waals surface area contributed by atoms with Gasteiger partial charge in [-0.25, -0.2) is 8.78 Å². The summed E-state index contributed by atoms with van der Waals surface area (Å²) >= 11 is 0. The topological polar surface area (TPSA) is 62.2 Å². The van der Waals surface area contributed by atoms with Gasteiger partial charge in [-0.05, 0) is 42.3 Å². The smallest absolute Gasteiger partial charge is 0.251 e. The third kappa shape index (κ3) is 3.32. The molecule has 4 nitrogen and oxygen atoms in total. The first-order valence-electron chi connectivity index (χ1n) is 7.33. The fourth-order valence-electron chi connectivity index (χ4n) is 2.55. The molecule has 0 saturated carbocycles. The first-order chi connectivity index (χ1) is 11.5. The van der Waals surface area contributed by atoms with Gasteiger partial charge in [-0.3, -0.25) is 9.78 Å². The molecule has 1 amide bonds. The second kappa shape index (κ2) is 6.62. The van der Waals surface area contributed by atoms with Crippen molar-refractivity contribution in [3.63, 3.8) is 0 Å². The average molecular weight is 328 g/mol. The summed E-state index contributed by atoms with van der Waals surface area (Å²) in [6.45, 7) is 0.256. The minimum atomic E-state index is -0.534. The monoisotopic (exact) mass is 328 g/mol. The summed E-state index contributed by atoms with van der Waals surface area (Å²) in [7, 11) is 0. The van der Waals surface area contributed by atoms with Gasteiger partial charge in [-0.2, -0.15) is 0 Å². The summed E-state index contributed by atoms with van der Waals surface area (Å²) in [5.41, 5.74) is 0.914. The van der Waals surface area contributed by atoms with Gasteiger partial charge in [0.05, 0.1) is 0 Å². The van der Waals surface area contributed by atoms with E-state index in [1.54, 1.807) is 6.07 Å². The molecular formula is C18H14F2N2O2. The van der Waals surface area contributed by atoms with Crippen molar-refractivity contribution in [3.8, 4) is 5.75 Å². The molecule has 0 spiro atoms. The molecule has 3 aromatic rings. The van der Waals surface area contributed by atoms with Gasteiger partial charge in [0, 0.05) is 41.3 Å². The Morgan fingerprint density at radius 3 is 2.75 bits per heavy atom. The Balaban J connectivity index is 1.73. The highest BCUT2D eigenvalue weighted by molar-refractivity contribution is 6.06. The number of phenolic OH excluding ortho intramolecular Hbond substituents is 1. The number of fused-ring (bicyclic) bond motifs is 1. The van der Waals surface area contributed by atoms with Gasteiger partial charge >= 0.3 is 0 Å². The molecular weight excluding hydrogens is 314 g/mol. The maximum absolute atomic E-state index is 13.7. The first kappa shape index (κ1) is 15.9. The van der Waals surface area contributed by atoms with Gasteiger partial charge < -0.3 is 10.4 Å². The molecule has 0 saturated heterocycles. The van der Waals surface area contributed by atoms with E-state index in [0.717, 1.165) is 6.07 Å². The summed E-state index contributed by atoms with van der Waals surface area (Å²) in [5, 5.41) is 12.8. The number of carbonyl (C=O) groups is 1. The minimum Gasteiger partial charge on any atom is -0.508 e. The van der Waals surface area contributed by atoms with E-state index in [-0.39, 0.29) is 23.6 Å². The van der Waals surface area contributed by atoms with Crippen molar-refractivity contribution in [2.75, 3.05) is 6.54 Å². The number of halogens is 2. The van der Waals surface area contributed by atoms with Gasteiger partial charge in [0.2, 0.25) is 0 Å². The summed E-state index contributed by atoms with van der Waals surface area (Å²) < 4.78 is 27.0. The van der Waals surface area contributed by atoms with Gasteiger partial charge in [-0.15, -0.1) is 0 Å². The van der Waals surface area contributed by atoms with Crippen LogP contribution >= 0.6 is 0 Å². The standard InChI is InChI=1S/C18H14F2N2O2/c19-12-7-11(8-13(23)9-12)3-6-22-18(24)15-1-2-17(20)16-10-21-5-4-14(15)16/h1-2,4-5,7-10,23H,3,6H2,(H,22,24). The number of benzene rings is 2. The van der Waals surface area contributed by atoms with Gasteiger partial charge in [-0.1, -0.05) is 0 Å². The second-order valence-electron chi connectivity index (χ2n) is 5.34. The predicted molar refractivity (Wildman–Crippen MR) is 85.8 cm³/mol. The maximum atomic E-state index is 13.7. The summed E-state index contributed by atoms with van der Waals surface area (Å²) in [6.07, 6.45) is 3.22. The molecule has 24 heavy (non-hydrogen) atoms. The number of carbonyl (C=O) groups excluding carboxylic acids is 1. The number of amides is 1. The number of hydrogen-bond acceptors (Lipinski definition) is 3. The fourth-order valence-corrected chi connectivity index (χ4v) is 2.55. The first-order valence-corrected chi connectivity index (χ1v) is 7.33. The molecule has 3 rings (SSSR count). The van der Waals surface area contributed by atoms with Crippen molar-refractivity contribution < 1.29 is 18.7 Å². The lowest BCUT2D eigenvalue weighted by atomic mass is 10.1. The average Bonchev–Trinajstić information content (AvgIpc) is 2.54. The minimum absolute atomic E-state index is 0.159. The number of aromatic hydroxyl groups is 1. The lowest BCUT2D eigenvalue weighted by molar-refractivity contribution is 0.0956. The Labute approximate surface area is 136 Å². The normalized spacial score (nSPS) is 10.8. The zero-order chi connectivity index (χ0) is 17.1. The van der Waals surface area contributed by atoms with E-state index in [1.807, 2.05) is 0 Å². The summed E-state index contributed by atoms with van der Waals surface area (Å²) in [5.74, 6) is -1.49. The molecule has 0 bridgehead atoms. The van der Waals surface area contributed by atoms with Crippen LogP contribution in [-0.2, 0) is 6.42 Å². The predicted octanol–water partition coefficient (Wildman–Crippen LogP) is 3.19. The van der Waals surface area contributed by atoms with Crippen LogP contribution in [0.1, 0.15) is 15.9 Å². The Morgan fingerprint density at radius 2 is 1.96 bits per heavy atom. The van der Waals surface area contributed by atoms with E-state index >= 15 is 0 Å². The molecule has 0 atom stereocenters. The molecule has 122 valence electrons. The fraction of sp³-hybridized carbons (Fsp3) is 0.111. The van der Waals surface area contributed by atoms with Gasteiger partial charge in [0.1, 0.15) is 17.4 Å². The van der Waals surface area contributed by atoms with Crippen LogP contribution in [0.25, 0.3) is 10.8 Å². The number of phenols is 1. The third-order valence-corrected chi connectivity index (χ3v) is 3.65. The van der Waals surface area contributed by atoms with Crippen LogP contribution in [0, 0.1) is 11.6 Å². The van der Waals surface area contributed by atoms with Crippen molar-refractivity contribution in [1.82, 2.24) is 10.3 Å². The highest BCUT2D eigenvalue weighted by Crippen LogP contribution is 2.21. The number of aromatic nitrogens is 1. The zero-order valence-corrected chi connectivity index (χ0v) is 12.6. The number of nitrogens with one attached hydrogen (secondary N) is 1. The van der Waals surface area contributed by atoms with Crippen molar-refractivity contribution >= 4 is 16.7 Å². The van der Waals surface area contributed by atoms with Crippen LogP contribution in [0.2, 0.25) is 0 Å². The Bertz CT molecular complexity index is 892. The molecule has 0 aliphatic rings. The highest BCUT2D eigenvalue weighted by atomic mass is 19.1. The van der Waals surface area contributed by atoms with Crippen LogP contribution in [0.5, 0.6) is 5.75 Å². The molecule has 0 fully saturated rings. The van der Waals surface area contributed by atoms with E-state index < -0.39 is 11.6 Å². The molecule has 0 aliphatic carbocycles. The van der Waals surface area contributed by atoms with E-state index in [9.17, 15) is 18.7 Å². The highest BCUT2D eigenvalue weighted by Gasteiger charge is 2.12. The van der Waals surface area contributed by atoms with Crippen LogP contribution < -0.4 is 5.32 Å². The van der Waals surface area contributed by atoms with Crippen LogP contribution in [0.3, 0.4) is 0 Å². The number of hydrogen-bond donors (Lipinski definition) is 2. The quantitative estimate of drug-likeness (QED) is 0.773. The number of nitrogens with zero attached hydrogens (tertiary/aromatic N) is 1. The van der Waals surface area contributed by atoms with Gasteiger partial charge in [0.15, 0.2) is 0 Å². The van der Waals surface area contributed by atoms with Crippen molar-refractivity contribution in [1.29, 1.82) is 0 Å². The molecule has 1 heterocycles. The van der Waals surface area contributed by atoms with E-state index in [2.05, 4.69) is 10.3 Å². The Hall–Kier alpha value is -3.02. The Morgan fingerprint density at radius 1 is 1.12 bits per heavy atom. The molecule has 6 heteroatoms. The molecule has 0 aliphatic heterocycles. The van der Waals surface area contributed by atoms with E-state index in [0.29, 0.717) is 22.9 Å². The van der Waals surface area contributed by atoms with Crippen molar-refractivity contribution in [2.24, 2.45) is 0 Å². The van der Waals surface area contributed by atoms with E-state index in [4.69, 9.17) is 0 Å². The maximum Gasteiger partial charge on any atom is 0.251 e. The molecule has 2 N–H and O–H groups in total. The SMILES string of the molecule is O=C(NCCc1cc(O)cc(F)c1)c1ccc(F)c2cnccc12. The molecule has 1 aromatic heterocycles. The largest absolute Gasteiger partial charge is 0.508 e. The summed E-state index contributed by atoms with van der Waals surface area (Å²) in [6, 6.07) is 7.97. The molecule has 0 unspecified atom stereocenters. The van der Waals surface area contributed by atoms with Crippen LogP contribution in [0.15, 0.2) is 48.8 Å². The van der Waals surface area contributed by atoms with Crippen LogP contribution in [-0.4, -0.2) is 22.5 Å². The number of pyridine rings is 1. The van der Waals surface area contributed by atoms with Gasteiger partial charge in [0.25, 0.3) is 5.91 Å². The third-order valence-electron chi connectivity index (χ3n) is 3.65. The summed E-state index contributed by atoms with van der Waals surface area (Å²) in [4.78, 5) is 16.2. The Kier molecular flexibility index (Phi) is 4.37. The second-order valence-corrected chi connectivity index (χ2v) is 5.34. The lowest BCUT2D eigenvalue weighted by Gasteiger charge is -2.09. The molecule has 0 radical (unpaired) electrons. The zero-order valence-electron chi connectivity index (χ0n) is 12.6. The number of rotatable bonds is 4. The molecule has 2 aromatic carbocycles. The van der Waals surface area contributed by atoms with Crippen molar-refractivity contribution in [2.45, 2.75) is 6.42 Å².